The zero-order chi connectivity index (χ0) is 88.3. The van der Waals surface area contributed by atoms with Crippen LogP contribution in [-0.2, 0) is 76.7 Å². The standard InChI is InChI=1S/C83H144N18O16/c1-23-82(21,73(114)87-55(45-50(3)4)49-98-41-32-40-97-39-31-36-63(97)98)93-66(107)57(47-52(7)8)88-64(105)53(9)86-70(111)77(11,12)91-68(109)59-34-26-29-43-100(59)76(117)81(19,20)95-72(113)79(15,16)90-62(104)48-85-61(103)37-38-84-65(106)56(46-51(5)6)89-71(112)78(13,14)96-74(115)83(22,24-2)94-69(110)60-35-27-30-44-101(60)75(116)80(17,18)92-67(108)58-33-25-28-42-99(58)54(10)102/h50-53,55-60,63H,23-49H2,1-22H3,(H,84,106)(H,85,103)(H,86,111)(H,87,114)(H,88,105)(H,89,112)(H,90,104)(H,91,109)(H,92,108)(H,93,107)(H,94,110)(H,95,113)(H,96,115)/t53-,55-,56-,57-,58-,59-,60-,63?,82-,83-/m0/s1. The van der Waals surface area contributed by atoms with Crippen LogP contribution in [-0.4, -0.2) is 265 Å². The first kappa shape index (κ1) is 99.0. The molecule has 0 aliphatic carbocycles. The molecule has 5 heterocycles. The summed E-state index contributed by atoms with van der Waals surface area (Å²) in [6.45, 7) is 39.4. The lowest BCUT2D eigenvalue weighted by molar-refractivity contribution is -0.151. The number of carbonyl (C=O) groups excluding carboxylic acids is 16. The zero-order valence-corrected chi connectivity index (χ0v) is 74.2. The van der Waals surface area contributed by atoms with E-state index in [0.717, 1.165) is 58.2 Å². The molecule has 1 unspecified atom stereocenters. The van der Waals surface area contributed by atoms with Gasteiger partial charge in [0.2, 0.25) is 94.5 Å². The number of piperidine rings is 3. The van der Waals surface area contributed by atoms with Crippen molar-refractivity contribution in [1.29, 1.82) is 0 Å². The van der Waals surface area contributed by atoms with Crippen LogP contribution in [0.3, 0.4) is 0 Å². The van der Waals surface area contributed by atoms with E-state index in [9.17, 15) is 76.7 Å². The molecular formula is C83H144N18O16. The largest absolute Gasteiger partial charge is 0.354 e. The number of rotatable bonds is 39. The third kappa shape index (κ3) is 28.0. The third-order valence-electron chi connectivity index (χ3n) is 23.2. The monoisotopic (exact) mass is 1650 g/mol. The summed E-state index contributed by atoms with van der Waals surface area (Å²) in [6.07, 6.45) is 9.50. The molecule has 0 saturated carbocycles. The minimum absolute atomic E-state index is 0.0650. The van der Waals surface area contributed by atoms with Crippen LogP contribution in [0.5, 0.6) is 0 Å². The Hall–Kier alpha value is -8.56. The lowest BCUT2D eigenvalue weighted by Gasteiger charge is -2.42. The first-order valence-electron chi connectivity index (χ1n) is 42.6. The van der Waals surface area contributed by atoms with Gasteiger partial charge in [0.25, 0.3) is 0 Å². The van der Waals surface area contributed by atoms with Crippen molar-refractivity contribution in [3.05, 3.63) is 0 Å². The van der Waals surface area contributed by atoms with E-state index >= 15 is 0 Å². The summed E-state index contributed by atoms with van der Waals surface area (Å²) < 4.78 is 0. The first-order valence-corrected chi connectivity index (χ1v) is 42.6. The Morgan fingerprint density at radius 3 is 1.34 bits per heavy atom. The van der Waals surface area contributed by atoms with Crippen molar-refractivity contribution in [2.24, 2.45) is 17.8 Å². The fourth-order valence-corrected chi connectivity index (χ4v) is 15.7. The molecule has 5 rings (SSSR count). The average Bonchev–Trinajstić information content (AvgIpc) is 1.44. The van der Waals surface area contributed by atoms with Crippen LogP contribution in [0.25, 0.3) is 0 Å². The molecule has 5 fully saturated rings. The second kappa shape index (κ2) is 42.4. The highest BCUT2D eigenvalue weighted by Crippen LogP contribution is 2.30. The van der Waals surface area contributed by atoms with Gasteiger partial charge >= 0.3 is 0 Å². The zero-order valence-electron chi connectivity index (χ0n) is 74.2. The molecule has 10 atom stereocenters. The van der Waals surface area contributed by atoms with E-state index in [1.807, 2.05) is 34.6 Å². The van der Waals surface area contributed by atoms with E-state index in [4.69, 9.17) is 0 Å². The smallest absolute Gasteiger partial charge is 0.248 e. The van der Waals surface area contributed by atoms with E-state index in [1.54, 1.807) is 27.7 Å². The molecule has 0 radical (unpaired) electrons. The van der Waals surface area contributed by atoms with E-state index in [2.05, 4.69) is 92.8 Å². The number of amides is 16. The van der Waals surface area contributed by atoms with Gasteiger partial charge in [0, 0.05) is 65.2 Å². The van der Waals surface area contributed by atoms with Gasteiger partial charge in [-0.1, -0.05) is 55.4 Å². The van der Waals surface area contributed by atoms with E-state index in [-0.39, 0.29) is 94.3 Å². The van der Waals surface area contributed by atoms with E-state index in [1.165, 1.54) is 90.9 Å². The van der Waals surface area contributed by atoms with Crippen LogP contribution in [0.2, 0.25) is 0 Å². The van der Waals surface area contributed by atoms with Gasteiger partial charge in [-0.05, 0) is 223 Å². The van der Waals surface area contributed by atoms with Gasteiger partial charge in [-0.15, -0.1) is 0 Å². The molecule has 0 aromatic carbocycles. The first-order chi connectivity index (χ1) is 54.2. The average molecular weight is 1650 g/mol. The summed E-state index contributed by atoms with van der Waals surface area (Å²) in [5, 5.41) is 35.9. The summed E-state index contributed by atoms with van der Waals surface area (Å²) in [5.74, 6) is -9.66. The van der Waals surface area contributed by atoms with Gasteiger partial charge in [0.05, 0.1) is 12.7 Å². The van der Waals surface area contributed by atoms with Crippen molar-refractivity contribution in [1.82, 2.24) is 93.6 Å². The predicted molar refractivity (Wildman–Crippen MR) is 442 cm³/mol. The van der Waals surface area contributed by atoms with Gasteiger partial charge in [0.1, 0.15) is 75.0 Å². The van der Waals surface area contributed by atoms with Gasteiger partial charge in [0.15, 0.2) is 0 Å². The number of nitrogens with one attached hydrogen (secondary N) is 13. The highest BCUT2D eigenvalue weighted by atomic mass is 16.2. The topological polar surface area (TPSA) is 446 Å². The van der Waals surface area contributed by atoms with Crippen LogP contribution in [0.15, 0.2) is 0 Å². The Balaban J connectivity index is 1.09. The minimum Gasteiger partial charge on any atom is -0.354 e. The van der Waals surface area contributed by atoms with Crippen molar-refractivity contribution in [3.8, 4) is 0 Å². The van der Waals surface area contributed by atoms with Crippen LogP contribution in [0.1, 0.15) is 268 Å². The lowest BCUT2D eigenvalue weighted by atomic mass is 9.91. The second-order valence-electron chi connectivity index (χ2n) is 37.3. The molecule has 0 bridgehead atoms. The van der Waals surface area contributed by atoms with Crippen molar-refractivity contribution in [3.63, 3.8) is 0 Å². The van der Waals surface area contributed by atoms with Crippen molar-refractivity contribution in [2.45, 2.75) is 355 Å². The van der Waals surface area contributed by atoms with Crippen LogP contribution >= 0.6 is 0 Å². The van der Waals surface area contributed by atoms with E-state index in [0.29, 0.717) is 57.3 Å². The normalized spacial score (nSPS) is 20.6. The highest BCUT2D eigenvalue weighted by Gasteiger charge is 2.49. The molecular weight excluding hydrogens is 1510 g/mol. The maximum absolute atomic E-state index is 14.5. The number of carbonyl (C=O) groups is 16. The Labute approximate surface area is 693 Å². The Morgan fingerprint density at radius 2 is 0.821 bits per heavy atom. The molecule has 0 aromatic rings. The molecule has 13 N–H and O–H groups in total. The van der Waals surface area contributed by atoms with Gasteiger partial charge in [-0.25, -0.2) is 0 Å². The van der Waals surface area contributed by atoms with Crippen molar-refractivity contribution in [2.75, 3.05) is 58.9 Å². The maximum atomic E-state index is 14.5. The Bertz CT molecular complexity index is 3580. The third-order valence-corrected chi connectivity index (χ3v) is 23.2. The number of hydrogen-bond acceptors (Lipinski definition) is 18. The maximum Gasteiger partial charge on any atom is 0.248 e. The molecule has 5 aliphatic heterocycles. The van der Waals surface area contributed by atoms with Crippen molar-refractivity contribution >= 4 is 94.5 Å². The molecule has 34 nitrogen and oxygen atoms in total. The van der Waals surface area contributed by atoms with Gasteiger partial charge < -0.3 is 83.8 Å². The second-order valence-corrected chi connectivity index (χ2v) is 37.3. The molecule has 5 saturated heterocycles. The Kier molecular flexibility index (Phi) is 35.9. The quantitative estimate of drug-likeness (QED) is 0.0419. The summed E-state index contributed by atoms with van der Waals surface area (Å²) >= 11 is 0. The van der Waals surface area contributed by atoms with Gasteiger partial charge in [-0.3, -0.25) is 86.5 Å². The number of fused-ring (bicyclic) bond motifs is 1. The summed E-state index contributed by atoms with van der Waals surface area (Å²) in [5.41, 5.74) is -11.0. The lowest BCUT2D eigenvalue weighted by Crippen LogP contribution is -2.67. The molecule has 34 heteroatoms. The predicted octanol–water partition coefficient (Wildman–Crippen LogP) is 2.04. The molecule has 117 heavy (non-hydrogen) atoms. The van der Waals surface area contributed by atoms with Gasteiger partial charge in [-0.2, -0.15) is 0 Å². The number of likely N-dealkylation sites (tertiary alicyclic amines) is 3. The summed E-state index contributed by atoms with van der Waals surface area (Å²) in [4.78, 5) is 231. The SMILES string of the molecule is CC[C@](C)(NC(=O)[C@H](CC(C)C)NC(=O)[C@H](C)NC(=O)C(C)(C)NC(=O)[C@@H]1CCCCN1C(=O)C(C)(C)NC(=O)C(C)(C)NC(=O)CNC(=O)CCNC(=O)[C@H](CC(C)C)NC(=O)C(C)(C)NC(=O)[C@](C)(CC)NC(=O)[C@@H]1CCCCN1C(=O)C(C)(C)NC(=O)[C@@H]1CCCCN1C(C)=O)C(=O)N[C@@H](CC(C)C)CN1CCCN2CCCC21. The van der Waals surface area contributed by atoms with Crippen LogP contribution < -0.4 is 69.1 Å². The molecule has 5 aliphatic rings. The molecule has 0 aromatic heterocycles. The van der Waals surface area contributed by atoms with Crippen LogP contribution in [0, 0.1) is 17.8 Å². The highest BCUT2D eigenvalue weighted by molar-refractivity contribution is 6.03. The summed E-state index contributed by atoms with van der Waals surface area (Å²) in [7, 11) is 0. The molecule has 662 valence electrons. The van der Waals surface area contributed by atoms with Crippen molar-refractivity contribution < 1.29 is 76.7 Å². The number of nitrogens with zero attached hydrogens (tertiary/aromatic N) is 5. The fourth-order valence-electron chi connectivity index (χ4n) is 15.7. The van der Waals surface area contributed by atoms with Crippen LogP contribution in [0.4, 0.5) is 0 Å². The number of hydrogen-bond donors (Lipinski definition) is 13. The Morgan fingerprint density at radius 1 is 0.376 bits per heavy atom. The van der Waals surface area contributed by atoms with E-state index < -0.39 is 164 Å². The molecule has 16 amide bonds. The molecule has 0 spiro atoms. The fraction of sp³-hybridized carbons (Fsp3) is 0.807. The summed E-state index contributed by atoms with van der Waals surface area (Å²) in [6, 6.07) is -6.40. The minimum atomic E-state index is -1.67.